The van der Waals surface area contributed by atoms with Crippen LogP contribution in [0.1, 0.15) is 40.2 Å². The summed E-state index contributed by atoms with van der Waals surface area (Å²) in [7, 11) is 1.71. The van der Waals surface area contributed by atoms with Gasteiger partial charge in [0.1, 0.15) is 0 Å². The Balaban J connectivity index is 1.42. The maximum atomic E-state index is 13.4. The Kier molecular flexibility index (Phi) is 6.46. The highest BCUT2D eigenvalue weighted by atomic mass is 16.5. The minimum absolute atomic E-state index is 0.0996. The number of aryl methyl sites for hydroxylation is 1. The van der Waals surface area contributed by atoms with Gasteiger partial charge in [-0.25, -0.2) is 0 Å². The van der Waals surface area contributed by atoms with Gasteiger partial charge >= 0.3 is 0 Å². The molecule has 2 aliphatic heterocycles. The first-order valence-electron chi connectivity index (χ1n) is 11.2. The number of benzene rings is 1. The number of likely N-dealkylation sites (tertiary alicyclic amines) is 2. The molecule has 2 fully saturated rings. The lowest BCUT2D eigenvalue weighted by atomic mass is 9.88. The van der Waals surface area contributed by atoms with Crippen LogP contribution in [0.3, 0.4) is 0 Å². The number of carbonyl (C=O) groups excluding carboxylic acids is 2. The fourth-order valence-electron chi connectivity index (χ4n) is 5.14. The molecule has 0 N–H and O–H groups in total. The molecule has 0 saturated carbocycles. The summed E-state index contributed by atoms with van der Waals surface area (Å²) < 4.78 is 7.38. The van der Waals surface area contributed by atoms with Crippen LogP contribution >= 0.6 is 0 Å². The highest BCUT2D eigenvalue weighted by Crippen LogP contribution is 2.33. The molecule has 1 aromatic carbocycles. The van der Waals surface area contributed by atoms with Crippen molar-refractivity contribution >= 4 is 11.8 Å². The van der Waals surface area contributed by atoms with Crippen LogP contribution in [0.15, 0.2) is 36.4 Å². The molecule has 6 heteroatoms. The topological polar surface area (TPSA) is 54.8 Å². The van der Waals surface area contributed by atoms with Gasteiger partial charge in [0.2, 0.25) is 5.91 Å². The molecule has 6 nitrogen and oxygen atoms in total. The molecule has 0 bridgehead atoms. The molecule has 4 rings (SSSR count). The summed E-state index contributed by atoms with van der Waals surface area (Å²) in [6.45, 7) is 8.45. The fraction of sp³-hybridized carbons (Fsp3) is 0.520. The molecule has 0 spiro atoms. The van der Waals surface area contributed by atoms with Crippen LogP contribution in [0.25, 0.3) is 0 Å². The van der Waals surface area contributed by atoms with Crippen molar-refractivity contribution < 1.29 is 14.3 Å². The minimum Gasteiger partial charge on any atom is -0.385 e. The quantitative estimate of drug-likeness (QED) is 0.643. The smallest absolute Gasteiger partial charge is 0.255 e. The van der Waals surface area contributed by atoms with Crippen LogP contribution in [0.4, 0.5) is 0 Å². The van der Waals surface area contributed by atoms with E-state index in [9.17, 15) is 9.59 Å². The molecule has 31 heavy (non-hydrogen) atoms. The first-order chi connectivity index (χ1) is 15.0. The number of rotatable bonds is 7. The molecule has 1 aromatic heterocycles. The van der Waals surface area contributed by atoms with Crippen molar-refractivity contribution in [2.75, 3.05) is 33.4 Å². The molecule has 2 aliphatic rings. The SMILES string of the molecule is COCCCn1c(C)cc(C(=O)N2C[C@H]3CN(Cc4ccccc4)C(=O)C[C@H]3C2)c1C. The zero-order chi connectivity index (χ0) is 22.0. The van der Waals surface area contributed by atoms with Gasteiger partial charge in [-0.3, -0.25) is 9.59 Å². The van der Waals surface area contributed by atoms with Gasteiger partial charge in [-0.2, -0.15) is 0 Å². The van der Waals surface area contributed by atoms with Crippen LogP contribution in [-0.4, -0.2) is 59.5 Å². The molecule has 0 aliphatic carbocycles. The zero-order valence-electron chi connectivity index (χ0n) is 18.8. The zero-order valence-corrected chi connectivity index (χ0v) is 18.8. The van der Waals surface area contributed by atoms with Crippen LogP contribution < -0.4 is 0 Å². The molecule has 2 atom stereocenters. The first kappa shape index (κ1) is 21.6. The summed E-state index contributed by atoms with van der Waals surface area (Å²) in [5.74, 6) is 0.933. The van der Waals surface area contributed by atoms with E-state index in [-0.39, 0.29) is 17.7 Å². The van der Waals surface area contributed by atoms with Crippen LogP contribution in [0.2, 0.25) is 0 Å². The number of hydrogen-bond donors (Lipinski definition) is 0. The Morgan fingerprint density at radius 2 is 1.84 bits per heavy atom. The van der Waals surface area contributed by atoms with Crippen LogP contribution in [0.5, 0.6) is 0 Å². The van der Waals surface area contributed by atoms with Gasteiger partial charge < -0.3 is 19.1 Å². The van der Waals surface area contributed by atoms with Gasteiger partial charge in [-0.05, 0) is 43.7 Å². The normalized spacial score (nSPS) is 20.9. The van der Waals surface area contributed by atoms with Crippen molar-refractivity contribution in [2.24, 2.45) is 11.8 Å². The molecular weight excluding hydrogens is 390 g/mol. The molecule has 2 amide bonds. The first-order valence-corrected chi connectivity index (χ1v) is 11.2. The molecule has 2 saturated heterocycles. The molecule has 166 valence electrons. The second-order valence-corrected chi connectivity index (χ2v) is 8.98. The van der Waals surface area contributed by atoms with Gasteiger partial charge in [0, 0.05) is 64.2 Å². The number of aromatic nitrogens is 1. The molecular formula is C25H33N3O3. The monoisotopic (exact) mass is 423 g/mol. The van der Waals surface area contributed by atoms with Gasteiger partial charge in [-0.15, -0.1) is 0 Å². The number of nitrogens with zero attached hydrogens (tertiary/aromatic N) is 3. The lowest BCUT2D eigenvalue weighted by Gasteiger charge is -2.34. The maximum Gasteiger partial charge on any atom is 0.255 e. The third kappa shape index (κ3) is 4.54. The average molecular weight is 424 g/mol. The Bertz CT molecular complexity index is 937. The molecule has 3 heterocycles. The number of carbonyl (C=O) groups is 2. The van der Waals surface area contributed by atoms with E-state index in [4.69, 9.17) is 4.74 Å². The average Bonchev–Trinajstić information content (AvgIpc) is 3.29. The number of fused-ring (bicyclic) bond motifs is 1. The molecule has 0 unspecified atom stereocenters. The van der Waals surface area contributed by atoms with E-state index < -0.39 is 0 Å². The van der Waals surface area contributed by atoms with E-state index in [0.717, 1.165) is 48.6 Å². The predicted molar refractivity (Wildman–Crippen MR) is 120 cm³/mol. The van der Waals surface area contributed by atoms with Crippen molar-refractivity contribution in [2.45, 2.75) is 39.8 Å². The lowest BCUT2D eigenvalue weighted by molar-refractivity contribution is -0.136. The summed E-state index contributed by atoms with van der Waals surface area (Å²) >= 11 is 0. The molecule has 0 radical (unpaired) electrons. The Hall–Kier alpha value is -2.60. The standard InChI is InChI=1S/C25H33N3O3/c1-18-12-23(19(2)28(18)10-7-11-31-3)25(30)27-15-21-13-24(29)26(16-22(21)17-27)14-20-8-5-4-6-9-20/h4-6,8-9,12,21-22H,7,10-11,13-17H2,1-3H3/t21-,22+/m0/s1. The summed E-state index contributed by atoms with van der Waals surface area (Å²) in [6, 6.07) is 12.1. The fourth-order valence-corrected chi connectivity index (χ4v) is 5.14. The highest BCUT2D eigenvalue weighted by molar-refractivity contribution is 5.96. The van der Waals surface area contributed by atoms with Crippen LogP contribution in [-0.2, 0) is 22.6 Å². The van der Waals surface area contributed by atoms with Crippen molar-refractivity contribution in [1.29, 1.82) is 0 Å². The Morgan fingerprint density at radius 3 is 2.58 bits per heavy atom. The second kappa shape index (κ2) is 9.27. The number of methoxy groups -OCH3 is 1. The predicted octanol–water partition coefficient (Wildman–Crippen LogP) is 3.26. The van der Waals surface area contributed by atoms with Crippen molar-refractivity contribution in [3.05, 3.63) is 58.9 Å². The van der Waals surface area contributed by atoms with E-state index in [1.807, 2.05) is 41.0 Å². The van der Waals surface area contributed by atoms with Crippen molar-refractivity contribution in [3.8, 4) is 0 Å². The van der Waals surface area contributed by atoms with Crippen molar-refractivity contribution in [1.82, 2.24) is 14.4 Å². The van der Waals surface area contributed by atoms with E-state index in [0.29, 0.717) is 32.0 Å². The number of ether oxygens (including phenoxy) is 1. The highest BCUT2D eigenvalue weighted by Gasteiger charge is 2.42. The Morgan fingerprint density at radius 1 is 1.10 bits per heavy atom. The van der Waals surface area contributed by atoms with E-state index >= 15 is 0 Å². The maximum absolute atomic E-state index is 13.4. The lowest BCUT2D eigenvalue weighted by Crippen LogP contribution is -2.43. The second-order valence-electron chi connectivity index (χ2n) is 8.98. The Labute approximate surface area is 184 Å². The summed E-state index contributed by atoms with van der Waals surface area (Å²) in [5, 5.41) is 0. The van der Waals surface area contributed by atoms with Gasteiger partial charge in [0.05, 0.1) is 5.56 Å². The third-order valence-corrected chi connectivity index (χ3v) is 6.86. The summed E-state index contributed by atoms with van der Waals surface area (Å²) in [6.07, 6.45) is 1.46. The molecule has 2 aromatic rings. The van der Waals surface area contributed by atoms with Gasteiger partial charge in [0.25, 0.3) is 5.91 Å². The van der Waals surface area contributed by atoms with E-state index in [1.54, 1.807) is 7.11 Å². The van der Waals surface area contributed by atoms with Gasteiger partial charge in [-0.1, -0.05) is 30.3 Å². The van der Waals surface area contributed by atoms with E-state index in [2.05, 4.69) is 23.6 Å². The van der Waals surface area contributed by atoms with Crippen LogP contribution in [0, 0.1) is 25.7 Å². The number of amides is 2. The minimum atomic E-state index is 0.0996. The van der Waals surface area contributed by atoms with Crippen molar-refractivity contribution in [3.63, 3.8) is 0 Å². The number of hydrogen-bond acceptors (Lipinski definition) is 3. The third-order valence-electron chi connectivity index (χ3n) is 6.86. The largest absolute Gasteiger partial charge is 0.385 e. The van der Waals surface area contributed by atoms with Gasteiger partial charge in [0.15, 0.2) is 0 Å². The summed E-state index contributed by atoms with van der Waals surface area (Å²) in [5.41, 5.74) is 4.08. The number of piperidine rings is 1. The van der Waals surface area contributed by atoms with E-state index in [1.165, 1.54) is 0 Å². The summed E-state index contributed by atoms with van der Waals surface area (Å²) in [4.78, 5) is 30.0.